The molecule has 9 aromatic carbocycles. The summed E-state index contributed by atoms with van der Waals surface area (Å²) in [5, 5.41) is 11.8. The fraction of sp³-hybridized carbons (Fsp3) is 0.0175. The van der Waals surface area contributed by atoms with Crippen LogP contribution >= 0.6 is 11.8 Å². The van der Waals surface area contributed by atoms with Gasteiger partial charge in [0.15, 0.2) is 17.5 Å². The molecule has 5 heteroatoms. The lowest BCUT2D eigenvalue weighted by Crippen LogP contribution is -2.32. The largest absolute Gasteiger partial charge is 0.208 e. The Hall–Kier alpha value is -7.91. The van der Waals surface area contributed by atoms with Crippen LogP contribution in [0.2, 0.25) is 0 Å². The second-order valence-electron chi connectivity index (χ2n) is 15.8. The molecule has 0 atom stereocenters. The third-order valence-corrected chi connectivity index (χ3v) is 13.6. The lowest BCUT2D eigenvalue weighted by Gasteiger charge is -2.39. The molecule has 62 heavy (non-hydrogen) atoms. The van der Waals surface area contributed by atoms with Gasteiger partial charge in [-0.3, -0.25) is 0 Å². The molecule has 0 saturated carbocycles. The zero-order valence-corrected chi connectivity index (χ0v) is 34.1. The molecule has 0 unspecified atom stereocenters. The molecule has 1 aromatic heterocycles. The van der Waals surface area contributed by atoms with Gasteiger partial charge in [-0.1, -0.05) is 188 Å². The highest BCUT2D eigenvalue weighted by Crippen LogP contribution is 2.64. The number of rotatable bonds is 5. The van der Waals surface area contributed by atoms with E-state index in [-0.39, 0.29) is 0 Å². The maximum atomic E-state index is 9.50. The molecule has 0 fully saturated rings. The maximum absolute atomic E-state index is 9.50. The van der Waals surface area contributed by atoms with Gasteiger partial charge in [-0.15, -0.1) is 0 Å². The first-order chi connectivity index (χ1) is 30.7. The van der Waals surface area contributed by atoms with Gasteiger partial charge in [0.05, 0.1) is 17.0 Å². The first kappa shape index (κ1) is 36.0. The van der Waals surface area contributed by atoms with E-state index in [9.17, 15) is 5.26 Å². The van der Waals surface area contributed by atoms with E-state index >= 15 is 0 Å². The third kappa shape index (κ3) is 5.51. The molecule has 0 bridgehead atoms. The van der Waals surface area contributed by atoms with Crippen molar-refractivity contribution in [1.29, 1.82) is 5.26 Å². The number of nitriles is 1. The molecule has 288 valence electrons. The lowest BCUT2D eigenvalue weighted by atomic mass is 9.67. The van der Waals surface area contributed by atoms with E-state index in [1.807, 2.05) is 72.4 Å². The van der Waals surface area contributed by atoms with Crippen molar-refractivity contribution in [3.63, 3.8) is 0 Å². The Labute approximate surface area is 363 Å². The monoisotopic (exact) mass is 806 g/mol. The maximum Gasteiger partial charge on any atom is 0.164 e. The van der Waals surface area contributed by atoms with E-state index < -0.39 is 5.41 Å². The Morgan fingerprint density at radius 3 is 1.50 bits per heavy atom. The van der Waals surface area contributed by atoms with E-state index in [0.29, 0.717) is 23.0 Å². The summed E-state index contributed by atoms with van der Waals surface area (Å²) in [7, 11) is 0. The van der Waals surface area contributed by atoms with Crippen molar-refractivity contribution >= 4 is 22.5 Å². The van der Waals surface area contributed by atoms with Crippen molar-refractivity contribution in [2.24, 2.45) is 0 Å². The van der Waals surface area contributed by atoms with Crippen LogP contribution in [0, 0.1) is 11.3 Å². The van der Waals surface area contributed by atoms with Crippen LogP contribution in [0.1, 0.15) is 27.8 Å². The third-order valence-electron chi connectivity index (χ3n) is 12.5. The Balaban J connectivity index is 1.14. The van der Waals surface area contributed by atoms with E-state index in [4.69, 9.17) is 15.0 Å². The number of aromatic nitrogens is 3. The van der Waals surface area contributed by atoms with Gasteiger partial charge in [-0.2, -0.15) is 5.26 Å². The molecular weight excluding hydrogens is 773 g/mol. The van der Waals surface area contributed by atoms with Gasteiger partial charge in [-0.05, 0) is 96.7 Å². The molecule has 12 rings (SSSR count). The second-order valence-corrected chi connectivity index (χ2v) is 16.9. The predicted molar refractivity (Wildman–Crippen MR) is 251 cm³/mol. The molecule has 0 radical (unpaired) electrons. The zero-order valence-electron chi connectivity index (χ0n) is 33.3. The van der Waals surface area contributed by atoms with Crippen molar-refractivity contribution in [3.8, 4) is 73.6 Å². The van der Waals surface area contributed by atoms with Gasteiger partial charge in [0.1, 0.15) is 0 Å². The highest BCUT2D eigenvalue weighted by Gasteiger charge is 2.51. The van der Waals surface area contributed by atoms with Gasteiger partial charge in [0.25, 0.3) is 0 Å². The molecule has 2 aliphatic rings. The molecule has 1 aliphatic heterocycles. The average molecular weight is 807 g/mol. The Kier molecular flexibility index (Phi) is 8.35. The smallest absolute Gasteiger partial charge is 0.164 e. The van der Waals surface area contributed by atoms with Crippen molar-refractivity contribution in [2.45, 2.75) is 15.2 Å². The normalized spacial score (nSPS) is 12.9. The first-order valence-corrected chi connectivity index (χ1v) is 21.6. The van der Waals surface area contributed by atoms with Crippen LogP contribution in [0.4, 0.5) is 0 Å². The van der Waals surface area contributed by atoms with Gasteiger partial charge in [0.2, 0.25) is 0 Å². The van der Waals surface area contributed by atoms with Crippen LogP contribution in [0.25, 0.3) is 78.3 Å². The summed E-state index contributed by atoms with van der Waals surface area (Å²) in [6.45, 7) is 0. The average Bonchev–Trinajstić information content (AvgIpc) is 3.64. The minimum Gasteiger partial charge on any atom is -0.208 e. The fourth-order valence-electron chi connectivity index (χ4n) is 9.76. The quantitative estimate of drug-likeness (QED) is 0.173. The fourth-order valence-corrected chi connectivity index (χ4v) is 11.0. The Bertz CT molecular complexity index is 3340. The minimum absolute atomic E-state index is 0.620. The van der Waals surface area contributed by atoms with Crippen LogP contribution in [-0.2, 0) is 5.41 Å². The summed E-state index contributed by atoms with van der Waals surface area (Å²) in [4.78, 5) is 17.9. The van der Waals surface area contributed by atoms with E-state index in [1.54, 1.807) is 0 Å². The zero-order chi connectivity index (χ0) is 41.2. The van der Waals surface area contributed by atoms with Crippen molar-refractivity contribution < 1.29 is 0 Å². The van der Waals surface area contributed by atoms with E-state index in [1.165, 1.54) is 65.1 Å². The SMILES string of the molecule is N#Cc1ccc(-c2ccc(-c3cccc4c3-c3ccc(-c5nc(-c6ccccc6)nc(-c6ccccc6)n5)cc3C43c4ccccc4Sc4ccccc43)c3ccccc23)cc1. The van der Waals surface area contributed by atoms with Crippen LogP contribution < -0.4 is 0 Å². The van der Waals surface area contributed by atoms with E-state index in [0.717, 1.165) is 27.8 Å². The molecule has 1 spiro atoms. The molecular formula is C57H34N4S. The molecule has 0 saturated heterocycles. The molecule has 1 aliphatic carbocycles. The standard InChI is InChI=1S/C57H34N4S/c58-35-36-26-28-37(29-27-36)41-32-33-44(43-19-8-7-18-42(41)43)45-20-13-23-49-53(45)46-31-30-40(34-50(46)57(49)47-21-9-11-24-51(47)62-52-25-12-10-22-48(52)57)56-60-54(38-14-3-1-4-15-38)59-55(61-56)39-16-5-2-6-17-39/h1-34H. The Morgan fingerprint density at radius 1 is 0.371 bits per heavy atom. The van der Waals surface area contributed by atoms with Gasteiger partial charge >= 0.3 is 0 Å². The molecule has 10 aromatic rings. The summed E-state index contributed by atoms with van der Waals surface area (Å²) in [6.07, 6.45) is 0. The molecule has 2 heterocycles. The number of nitrogens with zero attached hydrogens (tertiary/aromatic N) is 4. The highest BCUT2D eigenvalue weighted by molar-refractivity contribution is 7.99. The number of hydrogen-bond acceptors (Lipinski definition) is 5. The second kappa shape index (κ2) is 14.4. The van der Waals surface area contributed by atoms with Crippen molar-refractivity contribution in [1.82, 2.24) is 15.0 Å². The summed E-state index contributed by atoms with van der Waals surface area (Å²) in [5.41, 5.74) is 14.8. The van der Waals surface area contributed by atoms with Crippen molar-refractivity contribution in [2.75, 3.05) is 0 Å². The van der Waals surface area contributed by atoms with Gasteiger partial charge in [-0.25, -0.2) is 15.0 Å². The van der Waals surface area contributed by atoms with Crippen LogP contribution in [0.5, 0.6) is 0 Å². The van der Waals surface area contributed by atoms with Gasteiger partial charge < -0.3 is 0 Å². The number of benzene rings is 9. The first-order valence-electron chi connectivity index (χ1n) is 20.7. The van der Waals surface area contributed by atoms with Crippen LogP contribution in [-0.4, -0.2) is 15.0 Å². The summed E-state index contributed by atoms with van der Waals surface area (Å²) < 4.78 is 0. The lowest BCUT2D eigenvalue weighted by molar-refractivity contribution is 0.722. The highest BCUT2D eigenvalue weighted by atomic mass is 32.2. The van der Waals surface area contributed by atoms with Gasteiger partial charge in [0, 0.05) is 26.5 Å². The minimum atomic E-state index is -0.620. The molecule has 4 nitrogen and oxygen atoms in total. The van der Waals surface area contributed by atoms with Crippen LogP contribution in [0.15, 0.2) is 216 Å². The number of hydrogen-bond donors (Lipinski definition) is 0. The predicted octanol–water partition coefficient (Wildman–Crippen LogP) is 14.1. The van der Waals surface area contributed by atoms with E-state index in [2.05, 4.69) is 152 Å². The Morgan fingerprint density at radius 2 is 0.871 bits per heavy atom. The van der Waals surface area contributed by atoms with Crippen LogP contribution in [0.3, 0.4) is 0 Å². The van der Waals surface area contributed by atoms with Crippen molar-refractivity contribution in [3.05, 3.63) is 234 Å². The molecule has 0 amide bonds. The molecule has 0 N–H and O–H groups in total. The summed E-state index contributed by atoms with van der Waals surface area (Å²) in [5.74, 6) is 1.90. The summed E-state index contributed by atoms with van der Waals surface area (Å²) >= 11 is 1.85. The number of fused-ring (bicyclic) bond motifs is 10. The topological polar surface area (TPSA) is 62.5 Å². The summed E-state index contributed by atoms with van der Waals surface area (Å²) in [6, 6.07) is 75.3.